The molecule has 0 radical (unpaired) electrons. The second kappa shape index (κ2) is 8.82. The number of hydrogen-bond donors (Lipinski definition) is 2. The second-order valence-electron chi connectivity index (χ2n) is 6.96. The highest BCUT2D eigenvalue weighted by Crippen LogP contribution is 2.31. The molecule has 0 atom stereocenters. The van der Waals surface area contributed by atoms with E-state index in [-0.39, 0.29) is 21.3 Å². The molecule has 1 aromatic heterocycles. The Kier molecular flexibility index (Phi) is 5.94. The molecule has 7 nitrogen and oxygen atoms in total. The van der Waals surface area contributed by atoms with E-state index in [1.807, 2.05) is 0 Å². The molecule has 0 aliphatic carbocycles. The number of rotatable bonds is 4. The molecule has 0 spiro atoms. The Morgan fingerprint density at radius 3 is 2.34 bits per heavy atom. The third-order valence-corrected chi connectivity index (χ3v) is 5.57. The molecule has 0 unspecified atom stereocenters. The molecule has 32 heavy (non-hydrogen) atoms. The van der Waals surface area contributed by atoms with Gasteiger partial charge in [-0.1, -0.05) is 57.8 Å². The van der Waals surface area contributed by atoms with Gasteiger partial charge in [0.25, 0.3) is 5.56 Å². The van der Waals surface area contributed by atoms with E-state index in [9.17, 15) is 10.0 Å². The molecule has 0 amide bonds. The minimum atomic E-state index is -0.374. The molecular weight excluding hydrogens is 451 g/mol. The fourth-order valence-corrected chi connectivity index (χ4v) is 4.00. The maximum Gasteiger partial charge on any atom is 0.279 e. The van der Waals surface area contributed by atoms with Crippen LogP contribution in [0.15, 0.2) is 75.8 Å². The first kappa shape index (κ1) is 21.5. The Morgan fingerprint density at radius 1 is 1.00 bits per heavy atom. The highest BCUT2D eigenvalue weighted by Gasteiger charge is 2.18. The molecule has 4 rings (SSSR count). The molecule has 4 aromatic rings. The van der Waals surface area contributed by atoms with Gasteiger partial charge in [-0.2, -0.15) is 9.78 Å². The Morgan fingerprint density at radius 2 is 1.69 bits per heavy atom. The van der Waals surface area contributed by atoms with E-state index in [4.69, 9.17) is 28.4 Å². The average Bonchev–Trinajstić information content (AvgIpc) is 2.80. The predicted molar refractivity (Wildman–Crippen MR) is 126 cm³/mol. The lowest BCUT2D eigenvalue weighted by molar-refractivity contribution is 0.319. The second-order valence-corrected chi connectivity index (χ2v) is 7.77. The van der Waals surface area contributed by atoms with Crippen molar-refractivity contribution in [3.8, 4) is 16.9 Å². The summed E-state index contributed by atoms with van der Waals surface area (Å²) >= 11 is 12.7. The molecule has 1 heterocycles. The van der Waals surface area contributed by atoms with Crippen LogP contribution < -0.4 is 5.56 Å². The van der Waals surface area contributed by atoms with Gasteiger partial charge < -0.3 is 10.4 Å². The van der Waals surface area contributed by atoms with Crippen molar-refractivity contribution in [2.75, 3.05) is 0 Å². The third kappa shape index (κ3) is 3.84. The lowest BCUT2D eigenvalue weighted by Crippen LogP contribution is -2.23. The molecule has 0 aliphatic heterocycles. The van der Waals surface area contributed by atoms with Gasteiger partial charge in [-0.25, -0.2) is 0 Å². The maximum absolute atomic E-state index is 13.3. The summed E-state index contributed by atoms with van der Waals surface area (Å²) in [4.78, 5) is 13.3. The number of oxime groups is 2. The molecule has 0 aliphatic rings. The van der Waals surface area contributed by atoms with Crippen LogP contribution in [0.2, 0.25) is 10.0 Å². The van der Waals surface area contributed by atoms with Crippen molar-refractivity contribution in [1.82, 2.24) is 9.78 Å². The molecular formula is C23H16Cl2N4O3. The fourth-order valence-electron chi connectivity index (χ4n) is 3.44. The van der Waals surface area contributed by atoms with Crippen molar-refractivity contribution in [2.24, 2.45) is 10.3 Å². The Hall–Kier alpha value is -3.68. The van der Waals surface area contributed by atoms with Crippen LogP contribution in [0.5, 0.6) is 0 Å². The maximum atomic E-state index is 13.3. The zero-order chi connectivity index (χ0) is 22.8. The van der Waals surface area contributed by atoms with E-state index in [0.29, 0.717) is 38.9 Å². The summed E-state index contributed by atoms with van der Waals surface area (Å²) in [7, 11) is 0. The van der Waals surface area contributed by atoms with Crippen LogP contribution in [0.1, 0.15) is 18.1 Å². The van der Waals surface area contributed by atoms with Gasteiger partial charge in [0.1, 0.15) is 5.69 Å². The molecule has 0 bridgehead atoms. The normalized spacial score (nSPS) is 12.0. The van der Waals surface area contributed by atoms with E-state index < -0.39 is 0 Å². The quantitative estimate of drug-likeness (QED) is 0.240. The average molecular weight is 467 g/mol. The first-order valence-electron chi connectivity index (χ1n) is 9.43. The summed E-state index contributed by atoms with van der Waals surface area (Å²) in [5.41, 5.74) is 2.45. The molecule has 0 fully saturated rings. The van der Waals surface area contributed by atoms with Gasteiger partial charge in [0, 0.05) is 16.5 Å². The summed E-state index contributed by atoms with van der Waals surface area (Å²) in [5, 5.41) is 30.8. The van der Waals surface area contributed by atoms with E-state index in [2.05, 4.69) is 15.4 Å². The largest absolute Gasteiger partial charge is 0.411 e. The van der Waals surface area contributed by atoms with Gasteiger partial charge in [0.2, 0.25) is 0 Å². The number of halogens is 2. The van der Waals surface area contributed by atoms with Crippen LogP contribution in [0.3, 0.4) is 0 Å². The molecule has 2 N–H and O–H groups in total. The van der Waals surface area contributed by atoms with E-state index in [1.54, 1.807) is 67.6 Å². The molecule has 9 heteroatoms. The zero-order valence-corrected chi connectivity index (χ0v) is 18.2. The zero-order valence-electron chi connectivity index (χ0n) is 16.7. The van der Waals surface area contributed by atoms with Crippen LogP contribution in [0.4, 0.5) is 0 Å². The van der Waals surface area contributed by atoms with Crippen LogP contribution >= 0.6 is 23.2 Å². The molecule has 160 valence electrons. The summed E-state index contributed by atoms with van der Waals surface area (Å²) in [6.45, 7) is 1.63. The number of fused-ring (bicyclic) bond motifs is 1. The Bertz CT molecular complexity index is 1440. The predicted octanol–water partition coefficient (Wildman–Crippen LogP) is 5.37. The Labute approximate surface area is 192 Å². The molecule has 0 saturated carbocycles. The minimum Gasteiger partial charge on any atom is -0.411 e. The number of nitrogens with zero attached hydrogens (tertiary/aromatic N) is 4. The van der Waals surface area contributed by atoms with E-state index in [0.717, 1.165) is 0 Å². The number of benzene rings is 3. The van der Waals surface area contributed by atoms with Crippen molar-refractivity contribution in [2.45, 2.75) is 6.92 Å². The van der Waals surface area contributed by atoms with Crippen LogP contribution in [-0.4, -0.2) is 32.1 Å². The highest BCUT2D eigenvalue weighted by atomic mass is 35.5. The first-order chi connectivity index (χ1) is 15.4. The van der Waals surface area contributed by atoms with Gasteiger partial charge in [-0.3, -0.25) is 4.79 Å². The van der Waals surface area contributed by atoms with Crippen molar-refractivity contribution in [3.63, 3.8) is 0 Å². The summed E-state index contributed by atoms with van der Waals surface area (Å²) in [5.74, 6) is 0. The van der Waals surface area contributed by atoms with Crippen LogP contribution in [0, 0.1) is 0 Å². The summed E-state index contributed by atoms with van der Waals surface area (Å²) in [6.07, 6.45) is 1.25. The standard InChI is InChI=1S/C23H16Cl2N4O3/c1-13(28-32)15-9-14(12-26-31)10-16(11-15)21-17-5-2-3-6-18(17)23(30)29(27-21)22-19(24)7-4-8-20(22)25/h2-12,31-32H,1H3/b26-12+,28-13+. The van der Waals surface area contributed by atoms with Crippen LogP contribution in [0.25, 0.3) is 27.7 Å². The number of aromatic nitrogens is 2. The highest BCUT2D eigenvalue weighted by molar-refractivity contribution is 6.37. The van der Waals surface area contributed by atoms with E-state index in [1.165, 1.54) is 10.9 Å². The number of para-hydroxylation sites is 1. The van der Waals surface area contributed by atoms with Gasteiger partial charge in [-0.05, 0) is 48.9 Å². The van der Waals surface area contributed by atoms with E-state index >= 15 is 0 Å². The topological polar surface area (TPSA) is 100 Å². The summed E-state index contributed by atoms with van der Waals surface area (Å²) < 4.78 is 1.18. The van der Waals surface area contributed by atoms with Gasteiger partial charge in [-0.15, -0.1) is 0 Å². The van der Waals surface area contributed by atoms with Crippen molar-refractivity contribution in [3.05, 3.63) is 92.2 Å². The third-order valence-electron chi connectivity index (χ3n) is 4.96. The van der Waals surface area contributed by atoms with Gasteiger partial charge >= 0.3 is 0 Å². The summed E-state index contributed by atoms with van der Waals surface area (Å²) in [6, 6.07) is 17.2. The Balaban J connectivity index is 2.12. The van der Waals surface area contributed by atoms with Crippen molar-refractivity contribution >= 4 is 45.9 Å². The fraction of sp³-hybridized carbons (Fsp3) is 0.0435. The molecule has 0 saturated heterocycles. The molecule has 3 aromatic carbocycles. The smallest absolute Gasteiger partial charge is 0.279 e. The minimum absolute atomic E-state index is 0.272. The first-order valence-corrected chi connectivity index (χ1v) is 10.2. The van der Waals surface area contributed by atoms with Crippen LogP contribution in [-0.2, 0) is 0 Å². The monoisotopic (exact) mass is 466 g/mol. The van der Waals surface area contributed by atoms with Crippen molar-refractivity contribution in [1.29, 1.82) is 0 Å². The van der Waals surface area contributed by atoms with Crippen molar-refractivity contribution < 1.29 is 10.4 Å². The lowest BCUT2D eigenvalue weighted by Gasteiger charge is -2.14. The SMILES string of the molecule is C/C(=N\O)c1cc(/C=N/O)cc(-c2nn(-c3c(Cl)cccc3Cl)c(=O)c3ccccc23)c1. The van der Waals surface area contributed by atoms with Gasteiger partial charge in [0.15, 0.2) is 0 Å². The number of hydrogen-bond acceptors (Lipinski definition) is 6. The lowest BCUT2D eigenvalue weighted by atomic mass is 9.98. The van der Waals surface area contributed by atoms with Gasteiger partial charge in [0.05, 0.1) is 33.1 Å².